The Bertz CT molecular complexity index is 545. The van der Waals surface area contributed by atoms with Crippen LogP contribution in [0.5, 0.6) is 5.75 Å². The van der Waals surface area contributed by atoms with Crippen LogP contribution >= 0.6 is 0 Å². The number of ether oxygens (including phenoxy) is 1. The smallest absolute Gasteiger partial charge is 0.119 e. The molecule has 0 fully saturated rings. The van der Waals surface area contributed by atoms with Gasteiger partial charge in [-0.1, -0.05) is 12.1 Å². The minimum absolute atomic E-state index is 0.171. The number of rotatable bonds is 6. The van der Waals surface area contributed by atoms with E-state index in [-0.39, 0.29) is 5.84 Å². The first-order valence-electron chi connectivity index (χ1n) is 6.17. The molecule has 0 bridgehead atoms. The second kappa shape index (κ2) is 6.04. The normalized spacial score (nSPS) is 10.4. The molecular weight excluding hydrogens is 240 g/mol. The minimum Gasteiger partial charge on any atom is -0.492 e. The SMILES string of the molecule is Cc1nccn1CCOc1ccc(CC(=N)N)cc1. The van der Waals surface area contributed by atoms with Crippen LogP contribution in [0.25, 0.3) is 0 Å². The molecule has 1 aromatic heterocycles. The van der Waals surface area contributed by atoms with E-state index in [0.29, 0.717) is 13.0 Å². The topological polar surface area (TPSA) is 76.9 Å². The van der Waals surface area contributed by atoms with Gasteiger partial charge >= 0.3 is 0 Å². The molecule has 1 heterocycles. The summed E-state index contributed by atoms with van der Waals surface area (Å²) >= 11 is 0. The number of nitrogens with zero attached hydrogens (tertiary/aromatic N) is 2. The monoisotopic (exact) mass is 258 g/mol. The Morgan fingerprint density at radius 3 is 2.68 bits per heavy atom. The molecule has 5 heteroatoms. The molecule has 1 aromatic carbocycles. The molecule has 100 valence electrons. The largest absolute Gasteiger partial charge is 0.492 e. The number of imidazole rings is 1. The number of benzene rings is 1. The first kappa shape index (κ1) is 13.1. The van der Waals surface area contributed by atoms with E-state index in [4.69, 9.17) is 15.9 Å². The lowest BCUT2D eigenvalue weighted by molar-refractivity contribution is 0.297. The molecule has 0 saturated carbocycles. The predicted octanol–water partition coefficient (Wildman–Crippen LogP) is 1.75. The second-order valence-electron chi connectivity index (χ2n) is 4.36. The summed E-state index contributed by atoms with van der Waals surface area (Å²) in [5, 5.41) is 7.23. The van der Waals surface area contributed by atoms with Crippen molar-refractivity contribution in [3.8, 4) is 5.75 Å². The van der Waals surface area contributed by atoms with Crippen LogP contribution in [0.15, 0.2) is 36.7 Å². The lowest BCUT2D eigenvalue weighted by Gasteiger charge is -2.08. The van der Waals surface area contributed by atoms with Crippen LogP contribution in [-0.2, 0) is 13.0 Å². The van der Waals surface area contributed by atoms with Crippen molar-refractivity contribution >= 4 is 5.84 Å². The molecule has 2 rings (SSSR count). The summed E-state index contributed by atoms with van der Waals surface area (Å²) in [5.74, 6) is 1.98. The molecule has 0 aliphatic carbocycles. The van der Waals surface area contributed by atoms with E-state index in [1.807, 2.05) is 42.0 Å². The van der Waals surface area contributed by atoms with Gasteiger partial charge in [-0.3, -0.25) is 5.41 Å². The summed E-state index contributed by atoms with van der Waals surface area (Å²) in [7, 11) is 0. The zero-order valence-corrected chi connectivity index (χ0v) is 11.0. The van der Waals surface area contributed by atoms with Gasteiger partial charge in [0.1, 0.15) is 18.2 Å². The molecule has 5 nitrogen and oxygen atoms in total. The Hall–Kier alpha value is -2.30. The Morgan fingerprint density at radius 2 is 2.11 bits per heavy atom. The number of hydrogen-bond donors (Lipinski definition) is 2. The zero-order valence-electron chi connectivity index (χ0n) is 11.0. The van der Waals surface area contributed by atoms with Crippen LogP contribution in [0.4, 0.5) is 0 Å². The molecule has 0 aliphatic heterocycles. The van der Waals surface area contributed by atoms with Crippen LogP contribution < -0.4 is 10.5 Å². The van der Waals surface area contributed by atoms with E-state index in [9.17, 15) is 0 Å². The number of amidine groups is 1. The average molecular weight is 258 g/mol. The third kappa shape index (κ3) is 3.84. The van der Waals surface area contributed by atoms with Gasteiger partial charge in [-0.05, 0) is 24.6 Å². The van der Waals surface area contributed by atoms with Gasteiger partial charge in [-0.25, -0.2) is 4.98 Å². The quantitative estimate of drug-likeness (QED) is 0.612. The van der Waals surface area contributed by atoms with E-state index in [0.717, 1.165) is 23.7 Å². The standard InChI is InChI=1S/C14H18N4O/c1-11-17-6-7-18(11)8-9-19-13-4-2-12(3-5-13)10-14(15)16/h2-7H,8-10H2,1H3,(H3,15,16). The third-order valence-electron chi connectivity index (χ3n) is 2.84. The van der Waals surface area contributed by atoms with E-state index >= 15 is 0 Å². The highest BCUT2D eigenvalue weighted by molar-refractivity contribution is 5.79. The lowest BCUT2D eigenvalue weighted by Crippen LogP contribution is -2.12. The predicted molar refractivity (Wildman–Crippen MR) is 74.5 cm³/mol. The Labute approximate surface area is 112 Å². The summed E-state index contributed by atoms with van der Waals surface area (Å²) in [5.41, 5.74) is 6.37. The molecule has 3 N–H and O–H groups in total. The van der Waals surface area contributed by atoms with Crippen molar-refractivity contribution in [2.75, 3.05) is 6.61 Å². The van der Waals surface area contributed by atoms with Crippen molar-refractivity contribution in [3.63, 3.8) is 0 Å². The van der Waals surface area contributed by atoms with Crippen LogP contribution in [-0.4, -0.2) is 22.0 Å². The van der Waals surface area contributed by atoms with Crippen molar-refractivity contribution in [2.24, 2.45) is 5.73 Å². The van der Waals surface area contributed by atoms with Gasteiger partial charge in [-0.15, -0.1) is 0 Å². The van der Waals surface area contributed by atoms with Gasteiger partial charge in [-0.2, -0.15) is 0 Å². The molecule has 19 heavy (non-hydrogen) atoms. The van der Waals surface area contributed by atoms with Gasteiger partial charge in [0.25, 0.3) is 0 Å². The number of nitrogens with two attached hydrogens (primary N) is 1. The highest BCUT2D eigenvalue weighted by Gasteiger charge is 1.99. The van der Waals surface area contributed by atoms with E-state index < -0.39 is 0 Å². The van der Waals surface area contributed by atoms with Crippen molar-refractivity contribution in [1.82, 2.24) is 9.55 Å². The summed E-state index contributed by atoms with van der Waals surface area (Å²) in [4.78, 5) is 4.16. The molecule has 0 saturated heterocycles. The van der Waals surface area contributed by atoms with E-state index in [1.54, 1.807) is 6.20 Å². The van der Waals surface area contributed by atoms with Crippen LogP contribution in [0.1, 0.15) is 11.4 Å². The van der Waals surface area contributed by atoms with Crippen LogP contribution in [0.2, 0.25) is 0 Å². The highest BCUT2D eigenvalue weighted by atomic mass is 16.5. The van der Waals surface area contributed by atoms with Gasteiger partial charge in [0, 0.05) is 18.8 Å². The van der Waals surface area contributed by atoms with Crippen LogP contribution in [0, 0.1) is 12.3 Å². The van der Waals surface area contributed by atoms with Gasteiger partial charge in [0.2, 0.25) is 0 Å². The molecule has 0 aliphatic rings. The summed E-state index contributed by atoms with van der Waals surface area (Å²) in [6, 6.07) is 7.66. The first-order chi connectivity index (χ1) is 9.15. The average Bonchev–Trinajstić information content (AvgIpc) is 2.77. The maximum absolute atomic E-state index is 7.23. The van der Waals surface area contributed by atoms with Crippen molar-refractivity contribution in [1.29, 1.82) is 5.41 Å². The van der Waals surface area contributed by atoms with Crippen molar-refractivity contribution in [2.45, 2.75) is 19.9 Å². The number of hydrogen-bond acceptors (Lipinski definition) is 3. The number of aryl methyl sites for hydroxylation is 1. The third-order valence-corrected chi connectivity index (χ3v) is 2.84. The van der Waals surface area contributed by atoms with Gasteiger partial charge < -0.3 is 15.0 Å². The second-order valence-corrected chi connectivity index (χ2v) is 4.36. The molecule has 0 radical (unpaired) electrons. The van der Waals surface area contributed by atoms with Crippen LogP contribution in [0.3, 0.4) is 0 Å². The molecule has 0 amide bonds. The van der Waals surface area contributed by atoms with E-state index in [1.165, 1.54) is 0 Å². The first-order valence-corrected chi connectivity index (χ1v) is 6.17. The minimum atomic E-state index is 0.171. The van der Waals surface area contributed by atoms with Gasteiger partial charge in [0.05, 0.1) is 12.4 Å². The summed E-state index contributed by atoms with van der Waals surface area (Å²) in [6.07, 6.45) is 4.20. The fraction of sp³-hybridized carbons (Fsp3) is 0.286. The zero-order chi connectivity index (χ0) is 13.7. The van der Waals surface area contributed by atoms with E-state index in [2.05, 4.69) is 4.98 Å². The molecule has 0 unspecified atom stereocenters. The van der Waals surface area contributed by atoms with Gasteiger partial charge in [0.15, 0.2) is 0 Å². The lowest BCUT2D eigenvalue weighted by atomic mass is 10.1. The Balaban J connectivity index is 1.83. The maximum Gasteiger partial charge on any atom is 0.119 e. The van der Waals surface area contributed by atoms with Crippen molar-refractivity contribution < 1.29 is 4.74 Å². The highest BCUT2D eigenvalue weighted by Crippen LogP contribution is 2.12. The molecule has 0 spiro atoms. The summed E-state index contributed by atoms with van der Waals surface area (Å²) in [6.45, 7) is 3.35. The maximum atomic E-state index is 7.23. The molecule has 0 atom stereocenters. The fourth-order valence-electron chi connectivity index (χ4n) is 1.83. The number of aromatic nitrogens is 2. The Morgan fingerprint density at radius 1 is 1.37 bits per heavy atom. The fourth-order valence-corrected chi connectivity index (χ4v) is 1.83. The summed E-state index contributed by atoms with van der Waals surface area (Å²) < 4.78 is 7.71. The van der Waals surface area contributed by atoms with Crippen molar-refractivity contribution in [3.05, 3.63) is 48.0 Å². The molecule has 2 aromatic rings. The Kier molecular flexibility index (Phi) is 4.18. The number of nitrogens with one attached hydrogen (secondary N) is 1. The molecular formula is C14H18N4O.